The number of nitrogens with zero attached hydrogens (tertiary/aromatic N) is 5. The molecule has 0 spiro atoms. The lowest BCUT2D eigenvalue weighted by Crippen LogP contribution is -2.30. The van der Waals surface area contributed by atoms with Crippen LogP contribution in [0.25, 0.3) is 11.4 Å². The van der Waals surface area contributed by atoms with Gasteiger partial charge in [-0.2, -0.15) is 20.0 Å². The van der Waals surface area contributed by atoms with E-state index in [2.05, 4.69) is 15.0 Å². The molecule has 1 heterocycles. The van der Waals surface area contributed by atoms with Crippen molar-refractivity contribution < 1.29 is 20.2 Å². The summed E-state index contributed by atoms with van der Waals surface area (Å²) in [7, 11) is 1.36. The maximum absolute atomic E-state index is 9.32. The maximum atomic E-state index is 9.32. The first kappa shape index (κ1) is 17.0. The normalized spacial score (nSPS) is 10.7. The lowest BCUT2D eigenvalue weighted by atomic mass is 10.1. The van der Waals surface area contributed by atoms with Crippen molar-refractivity contribution in [2.24, 2.45) is 0 Å². The lowest BCUT2D eigenvalue weighted by Gasteiger charge is -2.21. The van der Waals surface area contributed by atoms with Crippen LogP contribution < -0.4 is 9.96 Å². The molecular weight excluding hydrogens is 302 g/mol. The van der Waals surface area contributed by atoms with Crippen molar-refractivity contribution in [2.45, 2.75) is 6.92 Å². The number of aliphatic hydroxyl groups excluding tert-OH is 3. The quantitative estimate of drug-likeness (QED) is 0.474. The van der Waals surface area contributed by atoms with E-state index in [1.54, 1.807) is 0 Å². The van der Waals surface area contributed by atoms with E-state index in [1.807, 2.05) is 31.2 Å². The molecule has 124 valence electrons. The summed E-state index contributed by atoms with van der Waals surface area (Å²) in [4.78, 5) is 18.7. The lowest BCUT2D eigenvalue weighted by molar-refractivity contribution is 0.0972. The van der Waals surface area contributed by atoms with Gasteiger partial charge in [0.15, 0.2) is 5.82 Å². The van der Waals surface area contributed by atoms with Gasteiger partial charge in [0.2, 0.25) is 5.95 Å². The fraction of sp³-hybridized carbons (Fsp3) is 0.357. The maximum Gasteiger partial charge on any atom is 0.257 e. The Bertz CT molecular complexity index is 617. The van der Waals surface area contributed by atoms with Crippen LogP contribution in [0.1, 0.15) is 5.56 Å². The van der Waals surface area contributed by atoms with Crippen molar-refractivity contribution >= 4 is 11.9 Å². The highest BCUT2D eigenvalue weighted by Crippen LogP contribution is 2.22. The van der Waals surface area contributed by atoms with Crippen molar-refractivity contribution in [3.8, 4) is 11.4 Å². The van der Waals surface area contributed by atoms with Gasteiger partial charge in [-0.3, -0.25) is 9.74 Å². The molecule has 0 saturated carbocycles. The zero-order valence-electron chi connectivity index (χ0n) is 12.9. The van der Waals surface area contributed by atoms with Crippen molar-refractivity contribution in [3.05, 3.63) is 29.8 Å². The Labute approximate surface area is 133 Å². The molecule has 23 heavy (non-hydrogen) atoms. The molecule has 0 amide bonds. The Morgan fingerprint density at radius 1 is 1.00 bits per heavy atom. The fourth-order valence-electron chi connectivity index (χ4n) is 1.89. The molecule has 0 bridgehead atoms. The first-order chi connectivity index (χ1) is 11.1. The summed E-state index contributed by atoms with van der Waals surface area (Å²) in [6.07, 6.45) is 0. The first-order valence-electron chi connectivity index (χ1n) is 6.85. The Kier molecular flexibility index (Phi) is 5.77. The summed E-state index contributed by atoms with van der Waals surface area (Å²) in [6, 6.07) is 7.52. The molecule has 0 atom stereocenters. The number of hydrogen-bond donors (Lipinski definition) is 3. The molecule has 2 aromatic rings. The molecule has 9 heteroatoms. The van der Waals surface area contributed by atoms with Crippen LogP contribution in [0.15, 0.2) is 24.3 Å². The molecule has 0 aliphatic rings. The molecule has 1 aromatic heterocycles. The zero-order chi connectivity index (χ0) is 16.8. The van der Waals surface area contributed by atoms with Gasteiger partial charge in [-0.1, -0.05) is 23.8 Å². The first-order valence-corrected chi connectivity index (χ1v) is 6.85. The summed E-state index contributed by atoms with van der Waals surface area (Å²) >= 11 is 0. The van der Waals surface area contributed by atoms with E-state index < -0.39 is 20.2 Å². The third kappa shape index (κ3) is 3.90. The molecular formula is C14H19N5O4. The molecule has 0 saturated heterocycles. The highest BCUT2D eigenvalue weighted by molar-refractivity contribution is 5.59. The number of hydroxylamine groups is 1. The summed E-state index contributed by atoms with van der Waals surface area (Å²) in [5.41, 5.74) is 1.76. The Hall–Kier alpha value is -2.33. The van der Waals surface area contributed by atoms with Gasteiger partial charge in [-0.05, 0) is 13.0 Å². The minimum Gasteiger partial charge on any atom is -0.376 e. The molecule has 0 aliphatic heterocycles. The smallest absolute Gasteiger partial charge is 0.257 e. The molecule has 3 N–H and O–H groups in total. The third-order valence-electron chi connectivity index (χ3n) is 3.08. The van der Waals surface area contributed by atoms with Crippen LogP contribution in [0.4, 0.5) is 11.9 Å². The van der Waals surface area contributed by atoms with Gasteiger partial charge >= 0.3 is 0 Å². The van der Waals surface area contributed by atoms with E-state index in [0.717, 1.165) is 21.1 Å². The van der Waals surface area contributed by atoms with Crippen LogP contribution in [0, 0.1) is 6.92 Å². The minimum atomic E-state index is -0.473. The zero-order valence-corrected chi connectivity index (χ0v) is 12.9. The highest BCUT2D eigenvalue weighted by atomic mass is 16.7. The van der Waals surface area contributed by atoms with Crippen LogP contribution in [0.2, 0.25) is 0 Å². The molecule has 0 fully saturated rings. The molecule has 9 nitrogen and oxygen atoms in total. The van der Waals surface area contributed by atoms with Gasteiger partial charge in [0, 0.05) is 5.56 Å². The van der Waals surface area contributed by atoms with E-state index in [0.29, 0.717) is 5.82 Å². The van der Waals surface area contributed by atoms with Crippen LogP contribution in [0.3, 0.4) is 0 Å². The van der Waals surface area contributed by atoms with Gasteiger partial charge in [0.05, 0.1) is 7.11 Å². The summed E-state index contributed by atoms with van der Waals surface area (Å²) in [5, 5.41) is 29.0. The number of anilines is 2. The second kappa shape index (κ2) is 7.79. The average Bonchev–Trinajstić information content (AvgIpc) is 2.57. The van der Waals surface area contributed by atoms with Crippen LogP contribution >= 0.6 is 0 Å². The Morgan fingerprint density at radius 2 is 1.70 bits per heavy atom. The number of hydrogen-bond acceptors (Lipinski definition) is 9. The van der Waals surface area contributed by atoms with Gasteiger partial charge in [0.25, 0.3) is 5.95 Å². The van der Waals surface area contributed by atoms with Gasteiger partial charge < -0.3 is 15.3 Å². The van der Waals surface area contributed by atoms with Crippen LogP contribution in [-0.2, 0) is 4.84 Å². The molecule has 0 radical (unpaired) electrons. The summed E-state index contributed by atoms with van der Waals surface area (Å²) in [6.45, 7) is 0.527. The third-order valence-corrected chi connectivity index (χ3v) is 3.08. The summed E-state index contributed by atoms with van der Waals surface area (Å²) in [5.74, 6) is 0.450. The average molecular weight is 321 g/mol. The van der Waals surface area contributed by atoms with E-state index in [9.17, 15) is 15.3 Å². The summed E-state index contributed by atoms with van der Waals surface area (Å²) < 4.78 is 0. The molecule has 2 rings (SSSR count). The predicted octanol–water partition coefficient (Wildman–Crippen LogP) is -0.129. The topological polar surface area (TPSA) is 115 Å². The minimum absolute atomic E-state index is 0.0587. The second-order valence-corrected chi connectivity index (χ2v) is 4.65. The van der Waals surface area contributed by atoms with E-state index in [-0.39, 0.29) is 11.9 Å². The van der Waals surface area contributed by atoms with Crippen molar-refractivity contribution in [1.82, 2.24) is 15.0 Å². The fourth-order valence-corrected chi connectivity index (χ4v) is 1.89. The van der Waals surface area contributed by atoms with Gasteiger partial charge in [-0.15, -0.1) is 0 Å². The van der Waals surface area contributed by atoms with Crippen LogP contribution in [0.5, 0.6) is 0 Å². The molecule has 1 aromatic carbocycles. The van der Waals surface area contributed by atoms with Crippen molar-refractivity contribution in [1.29, 1.82) is 0 Å². The SMILES string of the molecule is CON(CO)c1nc(-c2cccc(C)c2)nc(N(CO)CO)n1. The van der Waals surface area contributed by atoms with Gasteiger partial charge in [-0.25, -0.2) is 0 Å². The highest BCUT2D eigenvalue weighted by Gasteiger charge is 2.17. The predicted molar refractivity (Wildman–Crippen MR) is 83.2 cm³/mol. The number of aliphatic hydroxyl groups is 3. The second-order valence-electron chi connectivity index (χ2n) is 4.65. The number of rotatable bonds is 7. The molecule has 0 unspecified atom stereocenters. The van der Waals surface area contributed by atoms with Crippen LogP contribution in [-0.4, -0.2) is 57.6 Å². The standard InChI is InChI=1S/C14H19N5O4/c1-10-4-3-5-11(6-10)12-15-13(18(7-20)8-21)17-14(16-12)19(9-22)23-2/h3-6,20-22H,7-9H2,1-2H3. The van der Waals surface area contributed by atoms with E-state index >= 15 is 0 Å². The Balaban J connectivity index is 2.56. The largest absolute Gasteiger partial charge is 0.376 e. The van der Waals surface area contributed by atoms with Crippen molar-refractivity contribution in [3.63, 3.8) is 0 Å². The van der Waals surface area contributed by atoms with Crippen molar-refractivity contribution in [2.75, 3.05) is 37.3 Å². The number of aromatic nitrogens is 3. The molecule has 0 aliphatic carbocycles. The number of benzene rings is 1. The van der Waals surface area contributed by atoms with E-state index in [4.69, 9.17) is 4.84 Å². The monoisotopic (exact) mass is 321 g/mol. The number of aryl methyl sites for hydroxylation is 1. The van der Waals surface area contributed by atoms with E-state index in [1.165, 1.54) is 7.11 Å². The van der Waals surface area contributed by atoms with Gasteiger partial charge in [0.1, 0.15) is 20.2 Å². The Morgan fingerprint density at radius 3 is 2.26 bits per heavy atom.